The van der Waals surface area contributed by atoms with E-state index in [0.29, 0.717) is 0 Å². The fraction of sp³-hybridized carbons (Fsp3) is 0.667. The van der Waals surface area contributed by atoms with Crippen LogP contribution in [-0.4, -0.2) is 21.4 Å². The van der Waals surface area contributed by atoms with Gasteiger partial charge >= 0.3 is 90.9 Å². The van der Waals surface area contributed by atoms with Crippen molar-refractivity contribution in [2.75, 3.05) is 0 Å². The first-order valence-corrected chi connectivity index (χ1v) is 12.2. The second-order valence-electron chi connectivity index (χ2n) is 4.77. The minimum absolute atomic E-state index is 0.977. The fourth-order valence-corrected chi connectivity index (χ4v) is 8.67. The van der Waals surface area contributed by atoms with E-state index < -0.39 is 21.4 Å². The molecule has 0 aliphatic heterocycles. The molecule has 0 aromatic rings. The first-order valence-electron chi connectivity index (χ1n) is 5.31. The summed E-state index contributed by atoms with van der Waals surface area (Å²) in [6.45, 7) is 11.7. The summed E-state index contributed by atoms with van der Waals surface area (Å²) in [5.41, 5.74) is 4.85. The van der Waals surface area contributed by atoms with Gasteiger partial charge < -0.3 is 0 Å². The monoisotopic (exact) mass is 280 g/mol. The predicted molar refractivity (Wildman–Crippen MR) is 62.4 cm³/mol. The van der Waals surface area contributed by atoms with Crippen molar-refractivity contribution in [2.45, 2.75) is 49.4 Å². The molecule has 0 saturated heterocycles. The molecule has 1 aliphatic rings. The van der Waals surface area contributed by atoms with E-state index in [9.17, 15) is 0 Å². The molecule has 0 aromatic carbocycles. The Hall–Kier alpha value is 0.350. The molecule has 1 rings (SSSR count). The van der Waals surface area contributed by atoms with Crippen LogP contribution in [0.15, 0.2) is 20.0 Å². The van der Waals surface area contributed by atoms with Gasteiger partial charge in [0.1, 0.15) is 0 Å². The van der Waals surface area contributed by atoms with Gasteiger partial charge in [-0.05, 0) is 0 Å². The summed E-state index contributed by atoms with van der Waals surface area (Å²) >= 11 is -1.33. The van der Waals surface area contributed by atoms with E-state index >= 15 is 0 Å². The summed E-state index contributed by atoms with van der Waals surface area (Å²) in [7, 11) is 0. The number of hydrogen-bond donors (Lipinski definition) is 0. The Kier molecular flexibility index (Phi) is 3.73. The zero-order chi connectivity index (χ0) is 10.2. The Bertz CT molecular complexity index is 269. The third-order valence-corrected chi connectivity index (χ3v) is 14.4. The van der Waals surface area contributed by atoms with Crippen molar-refractivity contribution in [1.82, 2.24) is 0 Å². The summed E-state index contributed by atoms with van der Waals surface area (Å²) in [5.74, 6) is 0. The molecule has 0 bridgehead atoms. The van der Waals surface area contributed by atoms with Crippen LogP contribution in [-0.2, 0) is 0 Å². The third kappa shape index (κ3) is 2.23. The van der Waals surface area contributed by atoms with Gasteiger partial charge in [0.2, 0.25) is 0 Å². The Morgan fingerprint density at radius 2 is 1.62 bits per heavy atom. The summed E-state index contributed by atoms with van der Waals surface area (Å²) in [6, 6.07) is 0. The summed E-state index contributed by atoms with van der Waals surface area (Å²) in [4.78, 5) is 0. The van der Waals surface area contributed by atoms with Crippen molar-refractivity contribution >= 4 is 21.4 Å². The zero-order valence-electron chi connectivity index (χ0n) is 9.86. The Labute approximate surface area is 90.6 Å². The quantitative estimate of drug-likeness (QED) is 0.714. The third-order valence-electron chi connectivity index (χ3n) is 3.69. The van der Waals surface area contributed by atoms with E-state index in [0.717, 1.165) is 3.67 Å². The van der Waals surface area contributed by atoms with Gasteiger partial charge in [0.05, 0.1) is 0 Å². The summed E-state index contributed by atoms with van der Waals surface area (Å²) in [5, 5.41) is 0. The van der Waals surface area contributed by atoms with Gasteiger partial charge in [-0.1, -0.05) is 0 Å². The molecule has 0 aromatic heterocycles. The van der Waals surface area contributed by atoms with Gasteiger partial charge in [-0.25, -0.2) is 0 Å². The van der Waals surface area contributed by atoms with Crippen molar-refractivity contribution < 1.29 is 0 Å². The van der Waals surface area contributed by atoms with Crippen molar-refractivity contribution in [2.24, 2.45) is 0 Å². The average Bonchev–Trinajstić information content (AvgIpc) is 2.31. The van der Waals surface area contributed by atoms with E-state index in [1.54, 1.807) is 16.7 Å². The van der Waals surface area contributed by atoms with Crippen LogP contribution in [0.4, 0.5) is 0 Å². The molecule has 0 fully saturated rings. The number of allylic oxidation sites excluding steroid dienone is 4. The molecule has 1 heteroatoms. The topological polar surface area (TPSA) is 0 Å². The molecule has 72 valence electrons. The summed E-state index contributed by atoms with van der Waals surface area (Å²) < 4.78 is 5.43. The number of hydrogen-bond acceptors (Lipinski definition) is 0. The SMILES string of the molecule is CC1=C(C)C(C)=[C]([In]([CH3])[CH](C)C)C1. The number of rotatable bonds is 2. The van der Waals surface area contributed by atoms with Crippen LogP contribution in [0.5, 0.6) is 0 Å². The molecule has 13 heavy (non-hydrogen) atoms. The Morgan fingerprint density at radius 3 is 1.92 bits per heavy atom. The summed E-state index contributed by atoms with van der Waals surface area (Å²) in [6.07, 6.45) is 1.31. The zero-order valence-corrected chi connectivity index (χ0v) is 13.2. The second kappa shape index (κ2) is 4.25. The molecule has 0 radical (unpaired) electrons. The van der Waals surface area contributed by atoms with Gasteiger partial charge in [0, 0.05) is 0 Å². The maximum absolute atomic E-state index is 2.57. The van der Waals surface area contributed by atoms with Crippen molar-refractivity contribution in [3.8, 4) is 0 Å². The van der Waals surface area contributed by atoms with Gasteiger partial charge in [0.25, 0.3) is 0 Å². The first kappa shape index (κ1) is 11.4. The van der Waals surface area contributed by atoms with Crippen LogP contribution in [0.3, 0.4) is 0 Å². The van der Waals surface area contributed by atoms with Crippen LogP contribution in [0.1, 0.15) is 41.0 Å². The predicted octanol–water partition coefficient (Wildman–Crippen LogP) is 4.12. The molecule has 0 nitrogen and oxygen atoms in total. The van der Waals surface area contributed by atoms with Gasteiger partial charge in [-0.3, -0.25) is 0 Å². The molecule has 0 spiro atoms. The molecule has 0 atom stereocenters. The standard InChI is InChI=1S/C8H11.C3H7.CH3.In/c1-6-4-5-7(2)8(6)3;1-3-2;;/h4H2,1-3H3;3H,1-2H3;1H3;. The van der Waals surface area contributed by atoms with Crippen molar-refractivity contribution in [3.05, 3.63) is 20.0 Å². The molecular formula is C12H21In. The molecule has 1 aliphatic carbocycles. The van der Waals surface area contributed by atoms with E-state index in [1.807, 2.05) is 3.33 Å². The van der Waals surface area contributed by atoms with Gasteiger partial charge in [0.15, 0.2) is 0 Å². The normalized spacial score (nSPS) is 17.8. The van der Waals surface area contributed by atoms with Crippen LogP contribution in [0.2, 0.25) is 8.35 Å². The van der Waals surface area contributed by atoms with Crippen molar-refractivity contribution in [3.63, 3.8) is 0 Å². The van der Waals surface area contributed by atoms with Crippen molar-refractivity contribution in [1.29, 1.82) is 0 Å². The van der Waals surface area contributed by atoms with Crippen LogP contribution in [0, 0.1) is 0 Å². The molecule has 0 saturated carbocycles. The van der Waals surface area contributed by atoms with Gasteiger partial charge in [-0.2, -0.15) is 0 Å². The molecule has 0 heterocycles. The molecule has 0 unspecified atom stereocenters. The average molecular weight is 280 g/mol. The van der Waals surface area contributed by atoms with E-state index in [4.69, 9.17) is 0 Å². The first-order chi connectivity index (χ1) is 5.95. The molecular weight excluding hydrogens is 259 g/mol. The maximum atomic E-state index is 2.57. The van der Waals surface area contributed by atoms with Crippen LogP contribution < -0.4 is 0 Å². The fourth-order valence-electron chi connectivity index (χ4n) is 2.02. The van der Waals surface area contributed by atoms with Crippen LogP contribution in [0.25, 0.3) is 0 Å². The molecule has 0 N–H and O–H groups in total. The second-order valence-corrected chi connectivity index (χ2v) is 15.1. The molecule has 0 amide bonds. The van der Waals surface area contributed by atoms with E-state index in [2.05, 4.69) is 39.3 Å². The van der Waals surface area contributed by atoms with Crippen LogP contribution >= 0.6 is 0 Å². The van der Waals surface area contributed by atoms with Gasteiger partial charge in [-0.15, -0.1) is 0 Å². The Morgan fingerprint density at radius 1 is 1.08 bits per heavy atom. The minimum atomic E-state index is -1.33. The Balaban J connectivity index is 2.88. The van der Waals surface area contributed by atoms with E-state index in [-0.39, 0.29) is 0 Å². The van der Waals surface area contributed by atoms with E-state index in [1.165, 1.54) is 6.42 Å².